The lowest BCUT2D eigenvalue weighted by Crippen LogP contribution is -2.34. The SMILES string of the molecule is CN(CC(=O)NCc1ccc(Cl)cc1)Cc1ccc2c(c1)OCCO2. The second-order valence-corrected chi connectivity index (χ2v) is 6.49. The summed E-state index contributed by atoms with van der Waals surface area (Å²) in [4.78, 5) is 14.1. The normalized spacial score (nSPS) is 12.9. The number of halogens is 1. The predicted octanol–water partition coefficient (Wildman–Crippen LogP) is 2.86. The molecule has 5 nitrogen and oxygen atoms in total. The summed E-state index contributed by atoms with van der Waals surface area (Å²) in [6, 6.07) is 13.3. The maximum Gasteiger partial charge on any atom is 0.234 e. The van der Waals surface area contributed by atoms with Gasteiger partial charge in [-0.1, -0.05) is 29.8 Å². The number of hydrogen-bond donors (Lipinski definition) is 1. The van der Waals surface area contributed by atoms with Gasteiger partial charge in [-0.15, -0.1) is 0 Å². The summed E-state index contributed by atoms with van der Waals surface area (Å²) in [7, 11) is 1.92. The molecule has 0 spiro atoms. The van der Waals surface area contributed by atoms with E-state index < -0.39 is 0 Å². The molecule has 0 fully saturated rings. The van der Waals surface area contributed by atoms with E-state index >= 15 is 0 Å². The number of carbonyl (C=O) groups is 1. The van der Waals surface area contributed by atoms with Crippen LogP contribution >= 0.6 is 11.6 Å². The van der Waals surface area contributed by atoms with Crippen molar-refractivity contribution < 1.29 is 14.3 Å². The summed E-state index contributed by atoms with van der Waals surface area (Å²) in [5, 5.41) is 3.61. The highest BCUT2D eigenvalue weighted by Gasteiger charge is 2.13. The highest BCUT2D eigenvalue weighted by Crippen LogP contribution is 2.30. The molecule has 1 aliphatic heterocycles. The molecule has 2 aromatic carbocycles. The van der Waals surface area contributed by atoms with Crippen LogP contribution in [0, 0.1) is 0 Å². The van der Waals surface area contributed by atoms with Crippen molar-refractivity contribution in [1.82, 2.24) is 10.2 Å². The molecule has 1 heterocycles. The molecule has 0 aliphatic carbocycles. The molecule has 132 valence electrons. The number of nitrogens with one attached hydrogen (secondary N) is 1. The highest BCUT2D eigenvalue weighted by molar-refractivity contribution is 6.30. The Morgan fingerprint density at radius 1 is 1.08 bits per heavy atom. The molecule has 1 aliphatic rings. The largest absolute Gasteiger partial charge is 0.486 e. The van der Waals surface area contributed by atoms with Crippen LogP contribution in [0.2, 0.25) is 5.02 Å². The smallest absolute Gasteiger partial charge is 0.234 e. The Hall–Kier alpha value is -2.24. The summed E-state index contributed by atoms with van der Waals surface area (Å²) in [5.41, 5.74) is 2.10. The average Bonchev–Trinajstić information content (AvgIpc) is 2.61. The Morgan fingerprint density at radius 2 is 1.76 bits per heavy atom. The molecule has 0 aromatic heterocycles. The van der Waals surface area contributed by atoms with Gasteiger partial charge in [-0.25, -0.2) is 0 Å². The summed E-state index contributed by atoms with van der Waals surface area (Å²) < 4.78 is 11.1. The highest BCUT2D eigenvalue weighted by atomic mass is 35.5. The Bertz CT molecular complexity index is 734. The van der Waals surface area contributed by atoms with Gasteiger partial charge in [-0.2, -0.15) is 0 Å². The molecule has 0 unspecified atom stereocenters. The van der Waals surface area contributed by atoms with Crippen LogP contribution in [0.25, 0.3) is 0 Å². The summed E-state index contributed by atoms with van der Waals surface area (Å²) in [6.45, 7) is 2.63. The van der Waals surface area contributed by atoms with Crippen molar-refractivity contribution in [3.63, 3.8) is 0 Å². The number of fused-ring (bicyclic) bond motifs is 1. The number of nitrogens with zero attached hydrogens (tertiary/aromatic N) is 1. The zero-order valence-corrected chi connectivity index (χ0v) is 14.9. The molecule has 6 heteroatoms. The first kappa shape index (κ1) is 17.6. The van der Waals surface area contributed by atoms with Crippen LogP contribution in [-0.4, -0.2) is 37.6 Å². The summed E-state index contributed by atoms with van der Waals surface area (Å²) >= 11 is 5.85. The maximum atomic E-state index is 12.1. The van der Waals surface area contributed by atoms with Crippen LogP contribution < -0.4 is 14.8 Å². The molecule has 1 amide bonds. The monoisotopic (exact) mass is 360 g/mol. The Morgan fingerprint density at radius 3 is 2.52 bits per heavy atom. The number of ether oxygens (including phenoxy) is 2. The first-order valence-corrected chi connectivity index (χ1v) is 8.56. The maximum absolute atomic E-state index is 12.1. The summed E-state index contributed by atoms with van der Waals surface area (Å²) in [6.07, 6.45) is 0. The van der Waals surface area contributed by atoms with E-state index in [0.29, 0.717) is 37.9 Å². The van der Waals surface area contributed by atoms with Gasteiger partial charge < -0.3 is 14.8 Å². The first-order chi connectivity index (χ1) is 12.1. The van der Waals surface area contributed by atoms with Gasteiger partial charge in [0.05, 0.1) is 6.54 Å². The molecule has 3 rings (SSSR count). The van der Waals surface area contributed by atoms with E-state index in [1.165, 1.54) is 0 Å². The minimum absolute atomic E-state index is 0.0185. The van der Waals surface area contributed by atoms with E-state index in [2.05, 4.69) is 5.32 Å². The molecule has 0 radical (unpaired) electrons. The van der Waals surface area contributed by atoms with Gasteiger partial charge >= 0.3 is 0 Å². The van der Waals surface area contributed by atoms with Gasteiger partial charge in [-0.05, 0) is 42.4 Å². The number of rotatable bonds is 6. The molecule has 0 atom stereocenters. The lowest BCUT2D eigenvalue weighted by Gasteiger charge is -2.21. The number of amides is 1. The molecule has 0 bridgehead atoms. The Kier molecular flexibility index (Phi) is 5.79. The Balaban J connectivity index is 1.47. The van der Waals surface area contributed by atoms with Crippen molar-refractivity contribution in [2.45, 2.75) is 13.1 Å². The third-order valence-electron chi connectivity index (χ3n) is 3.88. The lowest BCUT2D eigenvalue weighted by molar-refractivity contribution is -0.122. The predicted molar refractivity (Wildman–Crippen MR) is 97.1 cm³/mol. The van der Waals surface area contributed by atoms with E-state index in [1.54, 1.807) is 0 Å². The van der Waals surface area contributed by atoms with Crippen molar-refractivity contribution in [3.05, 3.63) is 58.6 Å². The van der Waals surface area contributed by atoms with Gasteiger partial charge in [0.15, 0.2) is 11.5 Å². The Labute approximate surface area is 152 Å². The molecule has 1 N–H and O–H groups in total. The van der Waals surface area contributed by atoms with Gasteiger partial charge in [0, 0.05) is 18.1 Å². The number of likely N-dealkylation sites (N-methyl/N-ethyl adjacent to an activating group) is 1. The molecule has 2 aromatic rings. The average molecular weight is 361 g/mol. The van der Waals surface area contributed by atoms with E-state index in [-0.39, 0.29) is 5.91 Å². The standard InChI is InChI=1S/C19H21ClN2O3/c1-22(12-15-4-7-17-18(10-15)25-9-8-24-17)13-19(23)21-11-14-2-5-16(20)6-3-14/h2-7,10H,8-9,11-13H2,1H3,(H,21,23). The van der Waals surface area contributed by atoms with Crippen LogP contribution in [0.1, 0.15) is 11.1 Å². The zero-order chi connectivity index (χ0) is 17.6. The van der Waals surface area contributed by atoms with Gasteiger partial charge in [0.2, 0.25) is 5.91 Å². The van der Waals surface area contributed by atoms with Crippen LogP contribution in [0.5, 0.6) is 11.5 Å². The van der Waals surface area contributed by atoms with Crippen LogP contribution in [0.4, 0.5) is 0 Å². The zero-order valence-electron chi connectivity index (χ0n) is 14.1. The van der Waals surface area contributed by atoms with E-state index in [4.69, 9.17) is 21.1 Å². The van der Waals surface area contributed by atoms with Crippen LogP contribution in [-0.2, 0) is 17.9 Å². The quantitative estimate of drug-likeness (QED) is 0.860. The van der Waals surface area contributed by atoms with E-state index in [0.717, 1.165) is 22.6 Å². The molecule has 0 saturated carbocycles. The first-order valence-electron chi connectivity index (χ1n) is 8.18. The van der Waals surface area contributed by atoms with Crippen LogP contribution in [0.15, 0.2) is 42.5 Å². The second kappa shape index (κ2) is 8.23. The fraction of sp³-hybridized carbons (Fsp3) is 0.316. The lowest BCUT2D eigenvalue weighted by atomic mass is 10.2. The van der Waals surface area contributed by atoms with Crippen molar-refractivity contribution in [1.29, 1.82) is 0 Å². The van der Waals surface area contributed by atoms with Crippen molar-refractivity contribution in [2.75, 3.05) is 26.8 Å². The third kappa shape index (κ3) is 5.11. The second-order valence-electron chi connectivity index (χ2n) is 6.05. The number of carbonyl (C=O) groups excluding carboxylic acids is 1. The minimum Gasteiger partial charge on any atom is -0.486 e. The van der Waals surface area contributed by atoms with Gasteiger partial charge in [-0.3, -0.25) is 9.69 Å². The number of benzene rings is 2. The van der Waals surface area contributed by atoms with Crippen LogP contribution in [0.3, 0.4) is 0 Å². The van der Waals surface area contributed by atoms with E-state index in [9.17, 15) is 4.79 Å². The number of hydrogen-bond acceptors (Lipinski definition) is 4. The topological polar surface area (TPSA) is 50.8 Å². The minimum atomic E-state index is -0.0185. The van der Waals surface area contributed by atoms with Gasteiger partial charge in [0.1, 0.15) is 13.2 Å². The fourth-order valence-corrected chi connectivity index (χ4v) is 2.78. The third-order valence-corrected chi connectivity index (χ3v) is 4.13. The van der Waals surface area contributed by atoms with Crippen molar-refractivity contribution in [2.24, 2.45) is 0 Å². The molecule has 0 saturated heterocycles. The molecule has 25 heavy (non-hydrogen) atoms. The van der Waals surface area contributed by atoms with Gasteiger partial charge in [0.25, 0.3) is 0 Å². The molecular formula is C19H21ClN2O3. The summed E-state index contributed by atoms with van der Waals surface area (Å²) in [5.74, 6) is 1.53. The fourth-order valence-electron chi connectivity index (χ4n) is 2.66. The van der Waals surface area contributed by atoms with Crippen molar-refractivity contribution >= 4 is 17.5 Å². The molecular weight excluding hydrogens is 340 g/mol. The van der Waals surface area contributed by atoms with Crippen molar-refractivity contribution in [3.8, 4) is 11.5 Å². The van der Waals surface area contributed by atoms with E-state index in [1.807, 2.05) is 54.4 Å².